The lowest BCUT2D eigenvalue weighted by molar-refractivity contribution is -0.127. The van der Waals surface area contributed by atoms with Crippen LogP contribution in [0.25, 0.3) is 0 Å². The van der Waals surface area contributed by atoms with E-state index in [-0.39, 0.29) is 17.6 Å². The fraction of sp³-hybridized carbons (Fsp3) is 0.364. The van der Waals surface area contributed by atoms with Gasteiger partial charge in [-0.3, -0.25) is 4.79 Å². The molecule has 0 fully saturated rings. The molecule has 0 radical (unpaired) electrons. The third-order valence-corrected chi connectivity index (χ3v) is 2.12. The van der Waals surface area contributed by atoms with E-state index in [1.54, 1.807) is 31.2 Å². The third-order valence-electron chi connectivity index (χ3n) is 2.12. The van der Waals surface area contributed by atoms with E-state index >= 15 is 0 Å². The number of rotatable bonds is 4. The first-order valence-corrected chi connectivity index (χ1v) is 4.47. The summed E-state index contributed by atoms with van der Waals surface area (Å²) in [7, 11) is 1.51. The first-order valence-electron chi connectivity index (χ1n) is 4.47. The van der Waals surface area contributed by atoms with Crippen molar-refractivity contribution in [3.05, 3.63) is 29.8 Å². The second-order valence-electron chi connectivity index (χ2n) is 3.19. The quantitative estimate of drug-likeness (QED) is 0.790. The van der Waals surface area contributed by atoms with Gasteiger partial charge in [0.05, 0.1) is 0 Å². The van der Waals surface area contributed by atoms with E-state index in [9.17, 15) is 4.79 Å². The number of phenolic OH excluding ortho intramolecular Hbond substituents is 1. The molecule has 0 bridgehead atoms. The Balaban J connectivity index is 2.60. The van der Waals surface area contributed by atoms with E-state index in [2.05, 4.69) is 0 Å². The molecule has 0 aliphatic carbocycles. The van der Waals surface area contributed by atoms with E-state index in [1.165, 1.54) is 7.11 Å². The van der Waals surface area contributed by atoms with Gasteiger partial charge in [0.15, 0.2) is 5.78 Å². The fourth-order valence-corrected chi connectivity index (χ4v) is 1.09. The molecule has 3 heteroatoms. The molecule has 1 N–H and O–H groups in total. The summed E-state index contributed by atoms with van der Waals surface area (Å²) < 4.78 is 4.91. The Morgan fingerprint density at radius 2 is 2.00 bits per heavy atom. The summed E-state index contributed by atoms with van der Waals surface area (Å²) in [6.07, 6.45) is -0.0289. The molecule has 1 unspecified atom stereocenters. The second-order valence-corrected chi connectivity index (χ2v) is 3.19. The molecule has 0 spiro atoms. The second kappa shape index (κ2) is 4.77. The molecule has 0 aliphatic rings. The minimum atomic E-state index is -0.371. The molecule has 0 amide bonds. The van der Waals surface area contributed by atoms with Crippen LogP contribution >= 0.6 is 0 Å². The minimum Gasteiger partial charge on any atom is -0.508 e. The van der Waals surface area contributed by atoms with Crippen LogP contribution in [0.3, 0.4) is 0 Å². The molecule has 1 aromatic rings. The van der Waals surface area contributed by atoms with Gasteiger partial charge in [-0.1, -0.05) is 12.1 Å². The molecule has 0 aromatic heterocycles. The van der Waals surface area contributed by atoms with E-state index < -0.39 is 0 Å². The van der Waals surface area contributed by atoms with Gasteiger partial charge in [0, 0.05) is 13.5 Å². The van der Waals surface area contributed by atoms with Gasteiger partial charge < -0.3 is 9.84 Å². The first-order chi connectivity index (χ1) is 6.63. The summed E-state index contributed by atoms with van der Waals surface area (Å²) in [5.74, 6) is 0.249. The summed E-state index contributed by atoms with van der Waals surface area (Å²) >= 11 is 0. The van der Waals surface area contributed by atoms with Crippen LogP contribution in [-0.2, 0) is 16.0 Å². The van der Waals surface area contributed by atoms with Crippen molar-refractivity contribution < 1.29 is 14.6 Å². The van der Waals surface area contributed by atoms with Crippen LogP contribution in [0.1, 0.15) is 12.5 Å². The zero-order valence-corrected chi connectivity index (χ0v) is 8.36. The van der Waals surface area contributed by atoms with Gasteiger partial charge in [-0.15, -0.1) is 0 Å². The van der Waals surface area contributed by atoms with Crippen molar-refractivity contribution in [1.29, 1.82) is 0 Å². The predicted molar refractivity (Wildman–Crippen MR) is 53.3 cm³/mol. The van der Waals surface area contributed by atoms with E-state index in [0.29, 0.717) is 6.42 Å². The van der Waals surface area contributed by atoms with Crippen molar-refractivity contribution >= 4 is 5.78 Å². The lowest BCUT2D eigenvalue weighted by Gasteiger charge is -2.07. The van der Waals surface area contributed by atoms with Crippen LogP contribution in [-0.4, -0.2) is 24.1 Å². The molecule has 14 heavy (non-hydrogen) atoms. The van der Waals surface area contributed by atoms with Gasteiger partial charge in [-0.05, 0) is 24.6 Å². The van der Waals surface area contributed by atoms with Gasteiger partial charge in [-0.25, -0.2) is 0 Å². The van der Waals surface area contributed by atoms with Crippen molar-refractivity contribution in [1.82, 2.24) is 0 Å². The highest BCUT2D eigenvalue weighted by molar-refractivity contribution is 5.84. The highest BCUT2D eigenvalue weighted by atomic mass is 16.5. The van der Waals surface area contributed by atoms with E-state index in [4.69, 9.17) is 9.84 Å². The van der Waals surface area contributed by atoms with Crippen molar-refractivity contribution in [2.24, 2.45) is 0 Å². The van der Waals surface area contributed by atoms with Crippen LogP contribution < -0.4 is 0 Å². The lowest BCUT2D eigenvalue weighted by Crippen LogP contribution is -2.20. The van der Waals surface area contributed by atoms with Gasteiger partial charge >= 0.3 is 0 Å². The Hall–Kier alpha value is -1.35. The SMILES string of the molecule is COC(C)C(=O)Cc1ccc(O)cc1. The number of methoxy groups -OCH3 is 1. The molecule has 0 aliphatic heterocycles. The van der Waals surface area contributed by atoms with Crippen molar-refractivity contribution in [2.75, 3.05) is 7.11 Å². The Kier molecular flexibility index (Phi) is 3.65. The topological polar surface area (TPSA) is 46.5 Å². The normalized spacial score (nSPS) is 12.4. The summed E-state index contributed by atoms with van der Waals surface area (Å²) in [5.41, 5.74) is 0.886. The molecule has 1 aromatic carbocycles. The number of aromatic hydroxyl groups is 1. The molecular weight excluding hydrogens is 180 g/mol. The molecular formula is C11H14O3. The van der Waals surface area contributed by atoms with E-state index in [0.717, 1.165) is 5.56 Å². The number of benzene rings is 1. The Morgan fingerprint density at radius 1 is 1.43 bits per heavy atom. The number of phenols is 1. The average molecular weight is 194 g/mol. The zero-order valence-electron chi connectivity index (χ0n) is 8.36. The largest absolute Gasteiger partial charge is 0.508 e. The molecule has 0 saturated heterocycles. The summed E-state index contributed by atoms with van der Waals surface area (Å²) in [5, 5.41) is 9.04. The predicted octanol–water partition coefficient (Wildman–Crippen LogP) is 1.54. The van der Waals surface area contributed by atoms with E-state index in [1.807, 2.05) is 0 Å². The molecule has 0 saturated carbocycles. The summed E-state index contributed by atoms with van der Waals surface area (Å²) in [4.78, 5) is 11.4. The van der Waals surface area contributed by atoms with Crippen molar-refractivity contribution in [3.8, 4) is 5.75 Å². The molecule has 1 rings (SSSR count). The zero-order chi connectivity index (χ0) is 10.6. The van der Waals surface area contributed by atoms with Crippen molar-refractivity contribution in [2.45, 2.75) is 19.4 Å². The van der Waals surface area contributed by atoms with Gasteiger partial charge in [0.1, 0.15) is 11.9 Å². The van der Waals surface area contributed by atoms with Crippen LogP contribution in [0.5, 0.6) is 5.75 Å². The van der Waals surface area contributed by atoms with Crippen LogP contribution in [0.4, 0.5) is 0 Å². The fourth-order valence-electron chi connectivity index (χ4n) is 1.09. The van der Waals surface area contributed by atoms with Crippen molar-refractivity contribution in [3.63, 3.8) is 0 Å². The standard InChI is InChI=1S/C11H14O3/c1-8(14-2)11(13)7-9-3-5-10(12)6-4-9/h3-6,8,12H,7H2,1-2H3. The van der Waals surface area contributed by atoms with Gasteiger partial charge in [0.25, 0.3) is 0 Å². The Bertz CT molecular complexity index is 303. The lowest BCUT2D eigenvalue weighted by atomic mass is 10.1. The smallest absolute Gasteiger partial charge is 0.165 e. The first kappa shape index (κ1) is 10.7. The van der Waals surface area contributed by atoms with Crippen LogP contribution in [0, 0.1) is 0 Å². The maximum atomic E-state index is 11.4. The molecule has 3 nitrogen and oxygen atoms in total. The number of carbonyl (C=O) groups excluding carboxylic acids is 1. The van der Waals surface area contributed by atoms with Crippen LogP contribution in [0.2, 0.25) is 0 Å². The monoisotopic (exact) mass is 194 g/mol. The highest BCUT2D eigenvalue weighted by Crippen LogP contribution is 2.11. The Morgan fingerprint density at radius 3 is 2.50 bits per heavy atom. The van der Waals surface area contributed by atoms with Crippen LogP contribution in [0.15, 0.2) is 24.3 Å². The minimum absolute atomic E-state index is 0.0400. The molecule has 0 heterocycles. The average Bonchev–Trinajstić information content (AvgIpc) is 2.20. The van der Waals surface area contributed by atoms with Gasteiger partial charge in [0.2, 0.25) is 0 Å². The summed E-state index contributed by atoms with van der Waals surface area (Å²) in [6.45, 7) is 1.72. The number of hydrogen-bond donors (Lipinski definition) is 1. The maximum absolute atomic E-state index is 11.4. The third kappa shape index (κ3) is 2.85. The van der Waals surface area contributed by atoms with Gasteiger partial charge in [-0.2, -0.15) is 0 Å². The molecule has 1 atom stereocenters. The molecule has 76 valence electrons. The number of ether oxygens (including phenoxy) is 1. The number of Topliss-reactive ketones (excluding diaryl/α,β-unsaturated/α-hetero) is 1. The maximum Gasteiger partial charge on any atom is 0.165 e. The Labute approximate surface area is 83.3 Å². The summed E-state index contributed by atoms with van der Waals surface area (Å²) in [6, 6.07) is 6.60. The number of carbonyl (C=O) groups is 1. The number of ketones is 1. The highest BCUT2D eigenvalue weighted by Gasteiger charge is 2.11. The number of hydrogen-bond acceptors (Lipinski definition) is 3.